The van der Waals surface area contributed by atoms with Crippen LogP contribution in [0, 0.1) is 0 Å². The molecular weight excluding hydrogens is 528 g/mol. The van der Waals surface area contributed by atoms with Crippen molar-refractivity contribution in [1.82, 2.24) is 24.8 Å². The van der Waals surface area contributed by atoms with Crippen molar-refractivity contribution in [3.8, 4) is 0 Å². The highest BCUT2D eigenvalue weighted by molar-refractivity contribution is 7.96. The molecule has 14 heteroatoms. The fourth-order valence-corrected chi connectivity index (χ4v) is 6.71. The number of ether oxygens (including phenoxy) is 2. The van der Waals surface area contributed by atoms with E-state index in [1.54, 1.807) is 20.8 Å². The molecule has 39 heavy (non-hydrogen) atoms. The van der Waals surface area contributed by atoms with E-state index in [0.29, 0.717) is 16.9 Å². The summed E-state index contributed by atoms with van der Waals surface area (Å²) in [5.74, 6) is -0.266. The van der Waals surface area contributed by atoms with Crippen molar-refractivity contribution in [3.05, 3.63) is 48.5 Å². The maximum Gasteiger partial charge on any atom is 0.408 e. The van der Waals surface area contributed by atoms with E-state index in [4.69, 9.17) is 15.2 Å². The molecule has 1 fully saturated rings. The largest absolute Gasteiger partial charge is 0.480 e. The SMILES string of the molecule is CC(C)(C)OC(=O)N[C@@H](C[S+](Cc1ccccc1)C[C@H]1O[C@@H](n2cnc3c(N)ncnc32)[C@@H](O)C1O)C(=O)O. The van der Waals surface area contributed by atoms with Crippen molar-refractivity contribution >= 4 is 39.9 Å². The summed E-state index contributed by atoms with van der Waals surface area (Å²) in [4.78, 5) is 36.7. The Labute approximate surface area is 227 Å². The van der Waals surface area contributed by atoms with E-state index in [1.165, 1.54) is 17.2 Å². The van der Waals surface area contributed by atoms with Crippen LogP contribution in [0.5, 0.6) is 0 Å². The van der Waals surface area contributed by atoms with Gasteiger partial charge < -0.3 is 35.8 Å². The highest BCUT2D eigenvalue weighted by Crippen LogP contribution is 2.33. The number of hydrogen-bond donors (Lipinski definition) is 5. The van der Waals surface area contributed by atoms with Gasteiger partial charge in [-0.15, -0.1) is 0 Å². The molecule has 13 nitrogen and oxygen atoms in total. The van der Waals surface area contributed by atoms with Gasteiger partial charge >= 0.3 is 12.1 Å². The van der Waals surface area contributed by atoms with E-state index < -0.39 is 59.1 Å². The van der Waals surface area contributed by atoms with Crippen molar-refractivity contribution in [2.45, 2.75) is 62.7 Å². The number of amides is 1. The van der Waals surface area contributed by atoms with E-state index in [0.717, 1.165) is 5.56 Å². The lowest BCUT2D eigenvalue weighted by Gasteiger charge is -2.23. The highest BCUT2D eigenvalue weighted by Gasteiger charge is 2.48. The Bertz CT molecular complexity index is 1300. The average molecular weight is 562 g/mol. The maximum absolute atomic E-state index is 12.3. The van der Waals surface area contributed by atoms with E-state index in [1.807, 2.05) is 30.3 Å². The van der Waals surface area contributed by atoms with Gasteiger partial charge in [-0.1, -0.05) is 30.3 Å². The number of alkyl carbamates (subject to hydrolysis) is 1. The predicted molar refractivity (Wildman–Crippen MR) is 144 cm³/mol. The molecule has 210 valence electrons. The van der Waals surface area contributed by atoms with Gasteiger partial charge in [-0.05, 0) is 31.7 Å². The van der Waals surface area contributed by atoms with Gasteiger partial charge in [0.15, 0.2) is 23.7 Å². The quantitative estimate of drug-likeness (QED) is 0.232. The van der Waals surface area contributed by atoms with E-state index >= 15 is 0 Å². The molecule has 1 aliphatic heterocycles. The fraction of sp³-hybridized carbons (Fsp3) is 0.480. The number of nitrogens with zero attached hydrogens (tertiary/aromatic N) is 4. The first-order chi connectivity index (χ1) is 18.4. The number of imidazole rings is 1. The van der Waals surface area contributed by atoms with Gasteiger partial charge in [-0.2, -0.15) is 0 Å². The molecule has 6 atom stereocenters. The number of carboxylic acids is 1. The number of benzene rings is 1. The summed E-state index contributed by atoms with van der Waals surface area (Å²) in [6.45, 7) is 5.06. The second-order valence-corrected chi connectivity index (χ2v) is 12.4. The van der Waals surface area contributed by atoms with E-state index in [-0.39, 0.29) is 17.3 Å². The van der Waals surface area contributed by atoms with Crippen LogP contribution in [0.25, 0.3) is 11.2 Å². The van der Waals surface area contributed by atoms with Crippen LogP contribution in [0.15, 0.2) is 43.0 Å². The molecule has 3 heterocycles. The summed E-state index contributed by atoms with van der Waals surface area (Å²) in [6, 6.07) is 8.24. The molecule has 0 spiro atoms. The Morgan fingerprint density at radius 2 is 1.90 bits per heavy atom. The molecule has 3 aromatic rings. The third-order valence-electron chi connectivity index (χ3n) is 6.00. The first-order valence-corrected chi connectivity index (χ1v) is 14.0. The van der Waals surface area contributed by atoms with Crippen LogP contribution in [0.4, 0.5) is 10.6 Å². The number of aliphatic hydroxyl groups excluding tert-OH is 2. The molecule has 0 radical (unpaired) electrons. The number of fused-ring (bicyclic) bond motifs is 1. The molecule has 1 saturated heterocycles. The number of hydrogen-bond acceptors (Lipinski definition) is 10. The molecule has 4 rings (SSSR count). The normalized spacial score (nSPS) is 22.9. The van der Waals surface area contributed by atoms with Crippen molar-refractivity contribution in [1.29, 1.82) is 0 Å². The summed E-state index contributed by atoms with van der Waals surface area (Å²) in [5, 5.41) is 34.1. The molecule has 0 aliphatic carbocycles. The van der Waals surface area contributed by atoms with Crippen molar-refractivity contribution < 1.29 is 34.4 Å². The third-order valence-corrected chi connectivity index (χ3v) is 8.35. The highest BCUT2D eigenvalue weighted by atomic mass is 32.2. The number of anilines is 1. The maximum atomic E-state index is 12.3. The number of aliphatic carboxylic acids is 1. The second-order valence-electron chi connectivity index (χ2n) is 10.2. The van der Waals surface area contributed by atoms with E-state index in [9.17, 15) is 24.9 Å². The van der Waals surface area contributed by atoms with Gasteiger partial charge in [0.25, 0.3) is 0 Å². The zero-order valence-corrected chi connectivity index (χ0v) is 22.6. The van der Waals surface area contributed by atoms with Gasteiger partial charge in [0, 0.05) is 5.56 Å². The zero-order valence-electron chi connectivity index (χ0n) is 21.8. The summed E-state index contributed by atoms with van der Waals surface area (Å²) >= 11 is 0. The average Bonchev–Trinajstić information content (AvgIpc) is 3.40. The number of nitrogens with one attached hydrogen (secondary N) is 1. The number of aromatic nitrogens is 4. The summed E-state index contributed by atoms with van der Waals surface area (Å²) in [6.07, 6.45) is -2.55. The van der Waals surface area contributed by atoms with Crippen LogP contribution < -0.4 is 11.1 Å². The lowest BCUT2D eigenvalue weighted by atomic mass is 10.1. The Morgan fingerprint density at radius 3 is 2.56 bits per heavy atom. The lowest BCUT2D eigenvalue weighted by Crippen LogP contribution is -2.48. The minimum absolute atomic E-state index is 0.0641. The van der Waals surface area contributed by atoms with Gasteiger partial charge in [-0.3, -0.25) is 4.57 Å². The van der Waals surface area contributed by atoms with Crippen LogP contribution in [0.1, 0.15) is 32.6 Å². The molecule has 2 unspecified atom stereocenters. The Morgan fingerprint density at radius 1 is 1.18 bits per heavy atom. The van der Waals surface area contributed by atoms with Gasteiger partial charge in [0.1, 0.15) is 53.0 Å². The van der Waals surface area contributed by atoms with Gasteiger partial charge in [0.05, 0.1) is 6.33 Å². The number of carbonyl (C=O) groups is 2. The summed E-state index contributed by atoms with van der Waals surface area (Å²) in [7, 11) is -0.701. The monoisotopic (exact) mass is 561 g/mol. The number of nitrogens with two attached hydrogens (primary N) is 1. The van der Waals surface area contributed by atoms with Crippen molar-refractivity contribution in [2.75, 3.05) is 17.2 Å². The molecule has 0 bridgehead atoms. The van der Waals surface area contributed by atoms with E-state index in [2.05, 4.69) is 20.3 Å². The molecule has 6 N–H and O–H groups in total. The van der Waals surface area contributed by atoms with Crippen LogP contribution in [-0.4, -0.2) is 88.4 Å². The van der Waals surface area contributed by atoms with Crippen LogP contribution >= 0.6 is 0 Å². The first kappa shape index (κ1) is 28.5. The molecule has 0 saturated carbocycles. The van der Waals surface area contributed by atoms with Crippen LogP contribution in [0.2, 0.25) is 0 Å². The standard InChI is InChI=1S/C25H32N6O7S/c1-25(2,3)38-24(36)30-15(23(34)35)10-39(9-14-7-5-4-6-8-14)11-16-18(32)19(33)22(37-16)31-13-29-17-20(26)27-12-28-21(17)31/h4-8,12-13,15-16,18-19,22,32-33H,9-11H2,1-3H3,(H3-,26,27,28,30,34,35,36)/p+1/t15-,16+,18?,19-,22+,39?/m0/s1. The van der Waals surface area contributed by atoms with Crippen LogP contribution in [-0.2, 0) is 30.9 Å². The second kappa shape index (κ2) is 11.7. The van der Waals surface area contributed by atoms with Crippen molar-refractivity contribution in [3.63, 3.8) is 0 Å². The van der Waals surface area contributed by atoms with Crippen LogP contribution in [0.3, 0.4) is 0 Å². The van der Waals surface area contributed by atoms with Crippen molar-refractivity contribution in [2.24, 2.45) is 0 Å². The number of carboxylic acid groups (broad SMARTS) is 1. The predicted octanol–water partition coefficient (Wildman–Crippen LogP) is 0.824. The smallest absolute Gasteiger partial charge is 0.408 e. The summed E-state index contributed by atoms with van der Waals surface area (Å²) in [5.41, 5.74) is 6.72. The van der Waals surface area contributed by atoms with Gasteiger partial charge in [-0.25, -0.2) is 24.5 Å². The summed E-state index contributed by atoms with van der Waals surface area (Å²) < 4.78 is 12.8. The Hall–Kier alpha value is -3.46. The third kappa shape index (κ3) is 6.95. The Balaban J connectivity index is 1.54. The Kier molecular flexibility index (Phi) is 8.59. The molecule has 1 amide bonds. The number of carbonyl (C=O) groups excluding carboxylic acids is 1. The topological polar surface area (TPSA) is 195 Å². The molecular formula is C25H33N6O7S+. The lowest BCUT2D eigenvalue weighted by molar-refractivity contribution is -0.138. The molecule has 1 aromatic carbocycles. The minimum Gasteiger partial charge on any atom is -0.480 e. The fourth-order valence-electron chi connectivity index (χ4n) is 4.24. The zero-order chi connectivity index (χ0) is 28.3. The first-order valence-electron chi connectivity index (χ1n) is 12.3. The molecule has 1 aliphatic rings. The number of aliphatic hydroxyl groups is 2. The van der Waals surface area contributed by atoms with Gasteiger partial charge in [0.2, 0.25) is 0 Å². The number of nitrogen functional groups attached to an aromatic ring is 1. The molecule has 2 aromatic heterocycles. The number of rotatable bonds is 9. The minimum atomic E-state index is -1.30.